The first kappa shape index (κ1) is 56.6. The number of nitro groups is 2. The summed E-state index contributed by atoms with van der Waals surface area (Å²) in [6.07, 6.45) is -14.1. The number of nitrogens with two attached hydrogens (primary N) is 1. The number of hydrogen-bond donors (Lipinski definition) is 4. The molecule has 0 aliphatic heterocycles. The molecule has 3 aromatic rings. The quantitative estimate of drug-likeness (QED) is 0.0414. The Bertz CT molecular complexity index is 1950. The van der Waals surface area contributed by atoms with E-state index in [1.54, 1.807) is 0 Å². The van der Waals surface area contributed by atoms with Gasteiger partial charge in [-0.25, -0.2) is 14.4 Å². The predicted octanol–water partition coefficient (Wildman–Crippen LogP) is 6.31. The molecule has 318 valence electrons. The van der Waals surface area contributed by atoms with E-state index in [0.717, 1.165) is 32.4 Å². The standard InChI is InChI=1S/C9H6F3NO4.C9H8F3NO2.C8H4F3NO4.2ClH.H2O4S.H2O.Sn/c1-17-8(14)5-2-6(9(10,11)12)4-7(3-5)13(15)16;1-15-8(14)5-2-6(9(10,11)12)4-7(13)3-5;9-8(10,11)5-1-4(7(13)14)2-6(3-5)12(15)16;;;1-5(2,3)4;;/h2-4H,1H3;2-4H,13H2,1H3;1-3H,(H,13,14);2*1H;(H2,1,2,3,4);1H2;/q;;;;;;;+2/p-2. The molecule has 0 fully saturated rings. The van der Waals surface area contributed by atoms with Gasteiger partial charge < -0.3 is 25.8 Å². The Morgan fingerprint density at radius 3 is 1.19 bits per heavy atom. The van der Waals surface area contributed by atoms with Crippen molar-refractivity contribution in [2.24, 2.45) is 0 Å². The van der Waals surface area contributed by atoms with Crippen LogP contribution in [-0.4, -0.2) is 89.0 Å². The number of methoxy groups -OCH3 is 2. The molecule has 0 spiro atoms. The molecule has 0 amide bonds. The van der Waals surface area contributed by atoms with Gasteiger partial charge in [0.15, 0.2) is 0 Å². The fraction of sp³-hybridized carbons (Fsp3) is 0.192. The third-order valence-electron chi connectivity index (χ3n) is 5.28. The number of nitrogens with zero attached hydrogens (tertiary/aromatic N) is 2. The molecule has 3 aromatic carbocycles. The van der Waals surface area contributed by atoms with Crippen molar-refractivity contribution >= 4 is 82.1 Å². The van der Waals surface area contributed by atoms with Gasteiger partial charge in [-0.15, -0.1) is 0 Å². The number of carbonyl (C=O) groups excluding carboxylic acids is 2. The fourth-order valence-electron chi connectivity index (χ4n) is 3.17. The van der Waals surface area contributed by atoms with Crippen LogP contribution in [0.2, 0.25) is 0 Å². The maximum absolute atomic E-state index is 12.4. The second-order valence-electron chi connectivity index (χ2n) is 9.20. The number of carbonyl (C=O) groups is 3. The number of benzene rings is 3. The molecule has 18 nitrogen and oxygen atoms in total. The van der Waals surface area contributed by atoms with Crippen molar-refractivity contribution in [1.82, 2.24) is 0 Å². The van der Waals surface area contributed by atoms with Gasteiger partial charge in [-0.3, -0.25) is 29.3 Å². The zero-order valence-electron chi connectivity index (χ0n) is 27.6. The number of anilines is 1. The summed E-state index contributed by atoms with van der Waals surface area (Å²) >= 11 is -0.826. The van der Waals surface area contributed by atoms with Crippen LogP contribution < -0.4 is 5.73 Å². The zero-order valence-corrected chi connectivity index (χ0v) is 32.7. The minimum atomic E-state index is -4.82. The summed E-state index contributed by atoms with van der Waals surface area (Å²) in [5.41, 5.74) is -1.74. The normalized spacial score (nSPS) is 10.7. The summed E-state index contributed by atoms with van der Waals surface area (Å²) in [4.78, 5) is 51.2. The van der Waals surface area contributed by atoms with Gasteiger partial charge in [0.05, 0.1) is 57.4 Å². The number of carboxylic acid groups (broad SMARTS) is 1. The predicted molar refractivity (Wildman–Crippen MR) is 177 cm³/mol. The number of halogens is 11. The first-order valence-electron chi connectivity index (χ1n) is 13.0. The SMILES string of the molecule is COC(=O)c1cc(N)cc(C(F)(F)F)c1.COC(=O)c1cc([N+](=O)[O-])cc(C(F)(F)F)c1.O.O=C(O)c1cc([N+](=O)[O-])cc(C(F)(F)F)c1.O=S(=O)(O)O.[Cl][Sn][Cl]. The molecule has 7 N–H and O–H groups in total. The number of alkyl halides is 9. The van der Waals surface area contributed by atoms with E-state index >= 15 is 0 Å². The maximum atomic E-state index is 12.4. The van der Waals surface area contributed by atoms with E-state index in [1.807, 2.05) is 0 Å². The number of hydrogen-bond acceptors (Lipinski definition) is 12. The summed E-state index contributed by atoms with van der Waals surface area (Å²) in [7, 11) is 7.25. The van der Waals surface area contributed by atoms with E-state index in [1.165, 1.54) is 0 Å². The van der Waals surface area contributed by atoms with Gasteiger partial charge in [-0.2, -0.15) is 47.9 Å². The molecule has 0 unspecified atom stereocenters. The summed E-state index contributed by atoms with van der Waals surface area (Å²) < 4.78 is 151. The van der Waals surface area contributed by atoms with Crippen molar-refractivity contribution < 1.29 is 101 Å². The number of non-ortho nitro benzene ring substituents is 2. The Labute approximate surface area is 329 Å². The van der Waals surface area contributed by atoms with Crippen LogP contribution >= 0.6 is 17.8 Å². The van der Waals surface area contributed by atoms with Crippen molar-refractivity contribution in [3.05, 3.63) is 108 Å². The summed E-state index contributed by atoms with van der Waals surface area (Å²) in [6, 6.07) is 5.35. The Balaban J connectivity index is -0.000000695. The molecule has 0 aromatic heterocycles. The van der Waals surface area contributed by atoms with Crippen molar-refractivity contribution in [1.29, 1.82) is 0 Å². The zero-order chi connectivity index (χ0) is 44.6. The van der Waals surface area contributed by atoms with Crippen LogP contribution in [0.3, 0.4) is 0 Å². The summed E-state index contributed by atoms with van der Waals surface area (Å²) in [5, 5.41) is 29.2. The monoisotopic (exact) mass is 1010 g/mol. The van der Waals surface area contributed by atoms with Crippen molar-refractivity contribution in [3.8, 4) is 0 Å². The first-order chi connectivity index (χ1) is 25.2. The van der Waals surface area contributed by atoms with Crippen LogP contribution in [0.1, 0.15) is 47.8 Å². The Morgan fingerprint density at radius 2 is 0.930 bits per heavy atom. The van der Waals surface area contributed by atoms with E-state index in [0.29, 0.717) is 30.3 Å². The number of nitrogen functional groups attached to an aromatic ring is 1. The number of aromatic carboxylic acids is 1. The average molecular weight is 1010 g/mol. The summed E-state index contributed by atoms with van der Waals surface area (Å²) in [5.74, 6) is -3.58. The molecule has 57 heavy (non-hydrogen) atoms. The average Bonchev–Trinajstić information content (AvgIpc) is 3.05. The Hall–Kier alpha value is -4.75. The number of rotatable bonds is 5. The van der Waals surface area contributed by atoms with Crippen molar-refractivity contribution in [2.45, 2.75) is 18.5 Å². The summed E-state index contributed by atoms with van der Waals surface area (Å²) in [6.45, 7) is 0. The fourth-order valence-corrected chi connectivity index (χ4v) is 3.17. The van der Waals surface area contributed by atoms with Crippen molar-refractivity contribution in [3.63, 3.8) is 0 Å². The van der Waals surface area contributed by atoms with Crippen LogP contribution in [0, 0.1) is 20.2 Å². The van der Waals surface area contributed by atoms with Crippen LogP contribution in [0.4, 0.5) is 56.6 Å². The second kappa shape index (κ2) is 24.1. The topological polar surface area (TPSA) is 308 Å². The third-order valence-corrected chi connectivity index (χ3v) is 5.28. The molecular weight excluding hydrogens is 987 g/mol. The van der Waals surface area contributed by atoms with Gasteiger partial charge in [0.1, 0.15) is 0 Å². The van der Waals surface area contributed by atoms with Gasteiger partial charge in [0.2, 0.25) is 0 Å². The van der Waals surface area contributed by atoms with E-state index in [-0.39, 0.29) is 22.8 Å². The molecule has 2 radical (unpaired) electrons. The Kier molecular flexibility index (Phi) is 23.9. The van der Waals surface area contributed by atoms with E-state index < -0.39 is 115 Å². The Morgan fingerprint density at radius 1 is 0.667 bits per heavy atom. The van der Waals surface area contributed by atoms with Gasteiger partial charge in [0.25, 0.3) is 11.4 Å². The number of ether oxygens (including phenoxy) is 2. The number of carboxylic acids is 1. The molecule has 0 saturated heterocycles. The third kappa shape index (κ3) is 23.2. The molecule has 0 aliphatic carbocycles. The van der Waals surface area contributed by atoms with E-state index in [2.05, 4.69) is 9.47 Å². The molecule has 0 bridgehead atoms. The molecule has 31 heteroatoms. The van der Waals surface area contributed by atoms with Crippen LogP contribution in [-0.2, 0) is 38.4 Å². The van der Waals surface area contributed by atoms with Crippen LogP contribution in [0.25, 0.3) is 0 Å². The molecule has 0 aliphatic rings. The molecular formula is C26H22Cl2F9N3O15SSn. The van der Waals surface area contributed by atoms with E-state index in [4.69, 9.17) is 46.2 Å². The van der Waals surface area contributed by atoms with Gasteiger partial charge in [0, 0.05) is 30.0 Å². The molecule has 3 rings (SSSR count). The van der Waals surface area contributed by atoms with Gasteiger partial charge >= 0.3 is 83.6 Å². The van der Waals surface area contributed by atoms with Gasteiger partial charge in [-0.05, 0) is 30.3 Å². The molecule has 0 heterocycles. The second-order valence-corrected chi connectivity index (χ2v) is 14.3. The molecule has 0 atom stereocenters. The minimum absolute atomic E-state index is 0. The van der Waals surface area contributed by atoms with Crippen LogP contribution in [0.15, 0.2) is 54.6 Å². The number of esters is 2. The van der Waals surface area contributed by atoms with Crippen molar-refractivity contribution in [2.75, 3.05) is 20.0 Å². The number of nitro benzene ring substituents is 2. The first-order valence-corrected chi connectivity index (χ1v) is 21.6. The van der Waals surface area contributed by atoms with Gasteiger partial charge in [-0.1, -0.05) is 0 Å². The van der Waals surface area contributed by atoms with E-state index in [9.17, 15) is 74.1 Å². The molecule has 0 saturated carbocycles. The van der Waals surface area contributed by atoms with Crippen LogP contribution in [0.5, 0.6) is 0 Å².